The molecule has 76 valence electrons. The molecule has 3 nitrogen and oxygen atoms in total. The second kappa shape index (κ2) is 4.74. The molecule has 0 radical (unpaired) electrons. The number of hydrogen-bond donors (Lipinski definition) is 1. The third-order valence-corrected chi connectivity index (χ3v) is 1.87. The molecule has 0 amide bonds. The number of H-pyrrole nitrogens is 1. The molecule has 2 aromatic rings. The van der Waals surface area contributed by atoms with Gasteiger partial charge in [0.15, 0.2) is 0 Å². The Morgan fingerprint density at radius 3 is 2.71 bits per heavy atom. The second-order valence-electron chi connectivity index (χ2n) is 2.89. The van der Waals surface area contributed by atoms with E-state index in [0.717, 1.165) is 29.0 Å². The largest absolute Gasteiger partial charge is 0.356 e. The van der Waals surface area contributed by atoms with E-state index in [1.807, 2.05) is 33.0 Å². The first kappa shape index (κ1) is 10.7. The van der Waals surface area contributed by atoms with E-state index in [9.17, 15) is 0 Å². The molecule has 14 heavy (non-hydrogen) atoms. The summed E-state index contributed by atoms with van der Waals surface area (Å²) < 4.78 is 0. The highest BCUT2D eigenvalue weighted by molar-refractivity contribution is 5.74. The van der Waals surface area contributed by atoms with Crippen LogP contribution in [0.5, 0.6) is 0 Å². The lowest BCUT2D eigenvalue weighted by molar-refractivity contribution is 0.960. The lowest BCUT2D eigenvalue weighted by atomic mass is 10.4. The minimum absolute atomic E-state index is 0.889. The third-order valence-electron chi connectivity index (χ3n) is 1.87. The van der Waals surface area contributed by atoms with Gasteiger partial charge in [0.1, 0.15) is 5.82 Å². The fourth-order valence-corrected chi connectivity index (χ4v) is 1.26. The number of fused-ring (bicyclic) bond motifs is 1. The number of aromatic nitrogens is 3. The average molecular weight is 191 g/mol. The van der Waals surface area contributed by atoms with E-state index >= 15 is 0 Å². The number of nitrogens with zero attached hydrogens (tertiary/aromatic N) is 2. The first-order chi connectivity index (χ1) is 6.79. The Bertz CT molecular complexity index is 404. The van der Waals surface area contributed by atoms with Crippen LogP contribution >= 0.6 is 0 Å². The smallest absolute Gasteiger partial charge is 0.128 e. The van der Waals surface area contributed by atoms with Crippen molar-refractivity contribution >= 4 is 11.0 Å². The van der Waals surface area contributed by atoms with Crippen molar-refractivity contribution in [1.29, 1.82) is 0 Å². The number of rotatable bonds is 1. The zero-order chi connectivity index (χ0) is 10.6. The minimum Gasteiger partial charge on any atom is -0.356 e. The third kappa shape index (κ3) is 2.10. The molecule has 2 rings (SSSR count). The van der Waals surface area contributed by atoms with Gasteiger partial charge in [0.05, 0.1) is 17.2 Å². The van der Waals surface area contributed by atoms with Crippen LogP contribution in [0.1, 0.15) is 32.3 Å². The Morgan fingerprint density at radius 2 is 2.07 bits per heavy atom. The SMILES string of the molecule is CC.CCc1ncc2[nH]c(C)cc2n1. The summed E-state index contributed by atoms with van der Waals surface area (Å²) in [7, 11) is 0. The predicted octanol–water partition coefficient (Wildman–Crippen LogP) is 2.85. The molecule has 1 N–H and O–H groups in total. The van der Waals surface area contributed by atoms with Gasteiger partial charge in [-0.1, -0.05) is 20.8 Å². The number of nitrogens with one attached hydrogen (secondary N) is 1. The molecule has 0 saturated carbocycles. The Hall–Kier alpha value is -1.38. The molecule has 0 aromatic carbocycles. The summed E-state index contributed by atoms with van der Waals surface area (Å²) in [5, 5.41) is 0. The summed E-state index contributed by atoms with van der Waals surface area (Å²) in [6, 6.07) is 2.04. The molecule has 0 aliphatic heterocycles. The first-order valence-corrected chi connectivity index (χ1v) is 5.11. The fourth-order valence-electron chi connectivity index (χ4n) is 1.26. The van der Waals surface area contributed by atoms with Crippen LogP contribution in [0.2, 0.25) is 0 Å². The molecule has 0 aliphatic rings. The minimum atomic E-state index is 0.889. The van der Waals surface area contributed by atoms with Gasteiger partial charge in [0, 0.05) is 12.1 Å². The van der Waals surface area contributed by atoms with Crippen LogP contribution in [0.25, 0.3) is 11.0 Å². The van der Waals surface area contributed by atoms with E-state index in [-0.39, 0.29) is 0 Å². The summed E-state index contributed by atoms with van der Waals surface area (Å²) in [4.78, 5) is 11.8. The van der Waals surface area contributed by atoms with Crippen LogP contribution < -0.4 is 0 Å². The Morgan fingerprint density at radius 1 is 1.36 bits per heavy atom. The van der Waals surface area contributed by atoms with Crippen LogP contribution in [0.4, 0.5) is 0 Å². The van der Waals surface area contributed by atoms with E-state index in [1.54, 1.807) is 0 Å². The van der Waals surface area contributed by atoms with Crippen molar-refractivity contribution in [3.8, 4) is 0 Å². The molecule has 2 heterocycles. The van der Waals surface area contributed by atoms with Gasteiger partial charge in [-0.25, -0.2) is 9.97 Å². The van der Waals surface area contributed by atoms with Gasteiger partial charge in [-0.15, -0.1) is 0 Å². The lowest BCUT2D eigenvalue weighted by Gasteiger charge is -1.92. The molecule has 0 atom stereocenters. The molecule has 0 bridgehead atoms. The normalized spacial score (nSPS) is 9.71. The van der Waals surface area contributed by atoms with Gasteiger partial charge in [-0.2, -0.15) is 0 Å². The van der Waals surface area contributed by atoms with Gasteiger partial charge in [0.2, 0.25) is 0 Å². The van der Waals surface area contributed by atoms with Crippen molar-refractivity contribution in [2.24, 2.45) is 0 Å². The number of hydrogen-bond acceptors (Lipinski definition) is 2. The summed E-state index contributed by atoms with van der Waals surface area (Å²) in [5.41, 5.74) is 3.16. The summed E-state index contributed by atoms with van der Waals surface area (Å²) >= 11 is 0. The molecule has 3 heteroatoms. The Balaban J connectivity index is 0.000000461. The van der Waals surface area contributed by atoms with Crippen LogP contribution in [-0.4, -0.2) is 15.0 Å². The molecule has 0 saturated heterocycles. The zero-order valence-electron chi connectivity index (χ0n) is 9.26. The van der Waals surface area contributed by atoms with E-state index in [2.05, 4.69) is 21.9 Å². The van der Waals surface area contributed by atoms with Gasteiger partial charge in [-0.05, 0) is 13.0 Å². The highest BCUT2D eigenvalue weighted by atomic mass is 14.9. The quantitative estimate of drug-likeness (QED) is 0.753. The van der Waals surface area contributed by atoms with Gasteiger partial charge in [-0.3, -0.25) is 0 Å². The van der Waals surface area contributed by atoms with E-state index < -0.39 is 0 Å². The summed E-state index contributed by atoms with van der Waals surface area (Å²) in [6.45, 7) is 8.08. The standard InChI is InChI=1S/C9H11N3.C2H6/c1-3-9-10-5-8-7(12-9)4-6(2)11-8;1-2/h4-5,11H,3H2,1-2H3;1-2H3. The lowest BCUT2D eigenvalue weighted by Crippen LogP contribution is -1.90. The molecule has 0 unspecified atom stereocenters. The second-order valence-corrected chi connectivity index (χ2v) is 2.89. The van der Waals surface area contributed by atoms with Gasteiger partial charge >= 0.3 is 0 Å². The fraction of sp³-hybridized carbons (Fsp3) is 0.455. The van der Waals surface area contributed by atoms with E-state index in [0.29, 0.717) is 0 Å². The average Bonchev–Trinajstić information content (AvgIpc) is 2.59. The van der Waals surface area contributed by atoms with Crippen molar-refractivity contribution in [2.45, 2.75) is 34.1 Å². The highest BCUT2D eigenvalue weighted by Crippen LogP contribution is 2.10. The first-order valence-electron chi connectivity index (χ1n) is 5.11. The molecular formula is C11H17N3. The monoisotopic (exact) mass is 191 g/mol. The predicted molar refractivity (Wildman–Crippen MR) is 59.4 cm³/mol. The zero-order valence-corrected chi connectivity index (χ0v) is 9.26. The molecule has 2 aromatic heterocycles. The molecule has 0 fully saturated rings. The summed E-state index contributed by atoms with van der Waals surface area (Å²) in [5.74, 6) is 0.904. The maximum atomic E-state index is 4.37. The highest BCUT2D eigenvalue weighted by Gasteiger charge is 1.99. The molecule has 0 aliphatic carbocycles. The van der Waals surface area contributed by atoms with Gasteiger partial charge < -0.3 is 4.98 Å². The van der Waals surface area contributed by atoms with Crippen molar-refractivity contribution in [2.75, 3.05) is 0 Å². The van der Waals surface area contributed by atoms with Crippen molar-refractivity contribution in [3.05, 3.63) is 23.8 Å². The van der Waals surface area contributed by atoms with Crippen LogP contribution in [0.3, 0.4) is 0 Å². The van der Waals surface area contributed by atoms with Crippen molar-refractivity contribution in [1.82, 2.24) is 15.0 Å². The van der Waals surface area contributed by atoms with Crippen LogP contribution in [0.15, 0.2) is 12.3 Å². The number of aromatic amines is 1. The Kier molecular flexibility index (Phi) is 3.63. The van der Waals surface area contributed by atoms with Crippen LogP contribution in [-0.2, 0) is 6.42 Å². The van der Waals surface area contributed by atoms with E-state index in [1.165, 1.54) is 0 Å². The molecule has 0 spiro atoms. The molecular weight excluding hydrogens is 174 g/mol. The Labute approximate surface area is 84.6 Å². The van der Waals surface area contributed by atoms with Crippen molar-refractivity contribution in [3.63, 3.8) is 0 Å². The maximum Gasteiger partial charge on any atom is 0.128 e. The summed E-state index contributed by atoms with van der Waals surface area (Å²) in [6.07, 6.45) is 2.73. The van der Waals surface area contributed by atoms with E-state index in [4.69, 9.17) is 0 Å². The maximum absolute atomic E-state index is 4.37. The number of aryl methyl sites for hydroxylation is 2. The topological polar surface area (TPSA) is 41.6 Å². The van der Waals surface area contributed by atoms with Crippen molar-refractivity contribution < 1.29 is 0 Å². The van der Waals surface area contributed by atoms with Crippen LogP contribution in [0, 0.1) is 6.92 Å². The van der Waals surface area contributed by atoms with Gasteiger partial charge in [0.25, 0.3) is 0 Å².